The molecule has 0 unspecified atom stereocenters. The van der Waals surface area contributed by atoms with E-state index in [0.717, 1.165) is 4.48 Å². The van der Waals surface area contributed by atoms with Crippen molar-refractivity contribution in [2.75, 3.05) is 0 Å². The van der Waals surface area contributed by atoms with Crippen molar-refractivity contribution in [3.63, 3.8) is 0 Å². The summed E-state index contributed by atoms with van der Waals surface area (Å²) in [5.41, 5.74) is 9.78. The topological polar surface area (TPSA) is 9.86 Å². The van der Waals surface area contributed by atoms with Crippen LogP contribution in [-0.2, 0) is 0 Å². The van der Waals surface area contributed by atoms with Crippen LogP contribution in [0.3, 0.4) is 0 Å². The monoisotopic (exact) mass is 560 g/mol. The van der Waals surface area contributed by atoms with Crippen LogP contribution in [0.5, 0.6) is 0 Å². The fraction of sp³-hybridized carbons (Fsp3) is 0. The zero-order valence-electron chi connectivity index (χ0n) is 20.9. The number of benzene rings is 6. The molecule has 0 bridgehead atoms. The first-order valence-electron chi connectivity index (χ1n) is 13.2. The summed E-state index contributed by atoms with van der Waals surface area (Å²) in [7, 11) is 0. The zero-order valence-corrected chi connectivity index (χ0v) is 22.5. The molecule has 6 aromatic carbocycles. The van der Waals surface area contributed by atoms with Gasteiger partial charge in [-0.25, -0.2) is 0 Å². The van der Waals surface area contributed by atoms with Gasteiger partial charge < -0.3 is 9.13 Å². The van der Waals surface area contributed by atoms with Crippen LogP contribution in [0, 0.1) is 0 Å². The lowest BCUT2D eigenvalue weighted by Crippen LogP contribution is -1.97. The van der Waals surface area contributed by atoms with Crippen LogP contribution in [0.4, 0.5) is 0 Å². The molecule has 2 nitrogen and oxygen atoms in total. The second kappa shape index (κ2) is 7.72. The Morgan fingerprint density at radius 3 is 1.90 bits per heavy atom. The standard InChI is InChI=1S/C36H21BrN2/c37-31-21-30-23-18-19-26-24-12-4-7-15-32(24)38(22-10-2-1-3-11-22)35(26)28(23)20-29-25-13-5-8-16-33(25)39(36(29)30)34-17-9-6-14-27(31)34/h1-21H. The summed E-state index contributed by atoms with van der Waals surface area (Å²) >= 11 is 3.97. The lowest BCUT2D eigenvalue weighted by molar-refractivity contribution is 1.17. The molecule has 39 heavy (non-hydrogen) atoms. The molecule has 0 atom stereocenters. The maximum absolute atomic E-state index is 3.97. The normalized spacial score (nSPS) is 12.9. The van der Waals surface area contributed by atoms with Gasteiger partial charge in [-0.05, 0) is 47.9 Å². The van der Waals surface area contributed by atoms with E-state index < -0.39 is 0 Å². The predicted octanol–water partition coefficient (Wildman–Crippen LogP) is 10.2. The minimum atomic E-state index is 1.10. The van der Waals surface area contributed by atoms with Gasteiger partial charge in [-0.2, -0.15) is 0 Å². The van der Waals surface area contributed by atoms with Gasteiger partial charge in [0.25, 0.3) is 0 Å². The van der Waals surface area contributed by atoms with Crippen LogP contribution < -0.4 is 0 Å². The van der Waals surface area contributed by atoms with Gasteiger partial charge >= 0.3 is 0 Å². The van der Waals surface area contributed by atoms with Gasteiger partial charge in [0.2, 0.25) is 0 Å². The van der Waals surface area contributed by atoms with Crippen molar-refractivity contribution in [2.45, 2.75) is 0 Å². The molecule has 0 saturated carbocycles. The number of aromatic nitrogens is 2. The molecular weight excluding hydrogens is 540 g/mol. The average molecular weight is 561 g/mol. The fourth-order valence-electron chi connectivity index (χ4n) is 6.73. The minimum Gasteiger partial charge on any atom is -0.309 e. The Morgan fingerprint density at radius 2 is 1.08 bits per heavy atom. The maximum Gasteiger partial charge on any atom is 0.0620 e. The van der Waals surface area contributed by atoms with E-state index in [1.54, 1.807) is 0 Å². The van der Waals surface area contributed by atoms with E-state index >= 15 is 0 Å². The van der Waals surface area contributed by atoms with Gasteiger partial charge in [-0.1, -0.05) is 101 Å². The molecule has 0 spiro atoms. The van der Waals surface area contributed by atoms with Crippen molar-refractivity contribution < 1.29 is 0 Å². The molecule has 9 rings (SSSR count). The van der Waals surface area contributed by atoms with E-state index in [1.165, 1.54) is 76.9 Å². The van der Waals surface area contributed by atoms with Crippen molar-refractivity contribution in [1.82, 2.24) is 9.13 Å². The lowest BCUT2D eigenvalue weighted by atomic mass is 9.97. The van der Waals surface area contributed by atoms with Crippen LogP contribution in [0.2, 0.25) is 0 Å². The SMILES string of the molecule is BrC1=Cc2c3ccc4c5ccccc5n(-c5ccccc5)c4c3cc3c4ccccc4n(c23)-c2ccccc21. The average Bonchev–Trinajstić information content (AvgIpc) is 3.46. The molecule has 2 aromatic heterocycles. The van der Waals surface area contributed by atoms with Gasteiger partial charge in [0.1, 0.15) is 0 Å². The molecule has 0 amide bonds. The van der Waals surface area contributed by atoms with Crippen molar-refractivity contribution >= 4 is 80.9 Å². The first kappa shape index (κ1) is 21.3. The highest BCUT2D eigenvalue weighted by atomic mass is 79.9. The number of rotatable bonds is 1. The molecule has 3 heterocycles. The third-order valence-corrected chi connectivity index (χ3v) is 8.97. The van der Waals surface area contributed by atoms with Gasteiger partial charge in [0.15, 0.2) is 0 Å². The third kappa shape index (κ3) is 2.75. The molecule has 0 N–H and O–H groups in total. The number of para-hydroxylation sites is 4. The molecule has 3 heteroatoms. The molecule has 0 aliphatic carbocycles. The van der Waals surface area contributed by atoms with Crippen LogP contribution in [0.15, 0.2) is 121 Å². The van der Waals surface area contributed by atoms with E-state index in [0.29, 0.717) is 0 Å². The Morgan fingerprint density at radius 1 is 0.462 bits per heavy atom. The molecule has 0 fully saturated rings. The van der Waals surface area contributed by atoms with Gasteiger partial charge in [0.05, 0.1) is 27.8 Å². The summed E-state index contributed by atoms with van der Waals surface area (Å²) in [6.45, 7) is 0. The van der Waals surface area contributed by atoms with E-state index in [2.05, 4.69) is 152 Å². The summed E-state index contributed by atoms with van der Waals surface area (Å²) in [6, 6.07) is 44.1. The van der Waals surface area contributed by atoms with Crippen molar-refractivity contribution in [3.8, 4) is 11.4 Å². The summed E-state index contributed by atoms with van der Waals surface area (Å²) in [5, 5.41) is 7.62. The molecule has 182 valence electrons. The molecule has 8 aromatic rings. The van der Waals surface area contributed by atoms with Crippen LogP contribution in [0.1, 0.15) is 11.1 Å². The Kier molecular flexibility index (Phi) is 4.22. The van der Waals surface area contributed by atoms with Crippen LogP contribution >= 0.6 is 15.9 Å². The fourth-order valence-corrected chi connectivity index (χ4v) is 7.29. The molecule has 0 saturated heterocycles. The van der Waals surface area contributed by atoms with E-state index in [-0.39, 0.29) is 0 Å². The minimum absolute atomic E-state index is 1.10. The van der Waals surface area contributed by atoms with Gasteiger partial charge in [0, 0.05) is 48.2 Å². The highest BCUT2D eigenvalue weighted by molar-refractivity contribution is 9.15. The Labute approximate surface area is 233 Å². The Balaban J connectivity index is 1.58. The molecule has 0 radical (unpaired) electrons. The summed E-state index contributed by atoms with van der Waals surface area (Å²) in [4.78, 5) is 0. The smallest absolute Gasteiger partial charge is 0.0620 e. The second-order valence-corrected chi connectivity index (χ2v) is 11.1. The maximum atomic E-state index is 3.97. The summed E-state index contributed by atoms with van der Waals surface area (Å²) in [5.74, 6) is 0. The first-order valence-corrected chi connectivity index (χ1v) is 14.0. The molecule has 1 aliphatic heterocycles. The van der Waals surface area contributed by atoms with Crippen molar-refractivity contribution in [1.29, 1.82) is 0 Å². The van der Waals surface area contributed by atoms with Gasteiger partial charge in [-0.15, -0.1) is 0 Å². The second-order valence-electron chi connectivity index (χ2n) is 10.3. The third-order valence-electron chi connectivity index (χ3n) is 8.31. The lowest BCUT2D eigenvalue weighted by Gasteiger charge is -2.13. The Hall–Kier alpha value is -4.60. The van der Waals surface area contributed by atoms with Crippen molar-refractivity contribution in [2.24, 2.45) is 0 Å². The van der Waals surface area contributed by atoms with E-state index in [1.807, 2.05) is 0 Å². The number of fused-ring (bicyclic) bond motifs is 11. The summed E-state index contributed by atoms with van der Waals surface area (Å²) < 4.78 is 5.99. The quantitative estimate of drug-likeness (QED) is 0.189. The first-order chi connectivity index (χ1) is 19.3. The van der Waals surface area contributed by atoms with E-state index in [9.17, 15) is 0 Å². The van der Waals surface area contributed by atoms with Gasteiger partial charge in [-0.3, -0.25) is 0 Å². The number of hydrogen-bond donors (Lipinski definition) is 0. The molecule has 1 aliphatic rings. The highest BCUT2D eigenvalue weighted by Gasteiger charge is 2.24. The predicted molar refractivity (Wildman–Crippen MR) is 169 cm³/mol. The largest absolute Gasteiger partial charge is 0.309 e. The zero-order chi connectivity index (χ0) is 25.7. The Bertz CT molecular complexity index is 2330. The van der Waals surface area contributed by atoms with E-state index in [4.69, 9.17) is 0 Å². The van der Waals surface area contributed by atoms with Crippen LogP contribution in [-0.4, -0.2) is 9.13 Å². The number of hydrogen-bond acceptors (Lipinski definition) is 0. The highest BCUT2D eigenvalue weighted by Crippen LogP contribution is 2.46. The summed E-state index contributed by atoms with van der Waals surface area (Å²) in [6.07, 6.45) is 2.33. The van der Waals surface area contributed by atoms with Crippen LogP contribution in [0.25, 0.3) is 76.3 Å². The van der Waals surface area contributed by atoms with Crippen molar-refractivity contribution in [3.05, 3.63) is 132 Å². The number of halogens is 1. The molecular formula is C36H21BrN2. The number of nitrogens with zero attached hydrogens (tertiary/aromatic N) is 2.